The number of fused-ring (bicyclic) bond motifs is 1. The van der Waals surface area contributed by atoms with E-state index in [1.54, 1.807) is 0 Å². The summed E-state index contributed by atoms with van der Waals surface area (Å²) < 4.78 is 11.7. The first-order chi connectivity index (χ1) is 13.6. The average Bonchev–Trinajstić information content (AvgIpc) is 3.18. The van der Waals surface area contributed by atoms with Crippen molar-refractivity contribution in [1.82, 2.24) is 0 Å². The number of rotatable bonds is 6. The summed E-state index contributed by atoms with van der Waals surface area (Å²) in [6.45, 7) is 15.7. The van der Waals surface area contributed by atoms with Gasteiger partial charge in [-0.05, 0) is 61.7 Å². The number of esters is 1. The Morgan fingerprint density at radius 1 is 1.21 bits per heavy atom. The van der Waals surface area contributed by atoms with Crippen molar-refractivity contribution in [2.75, 3.05) is 6.61 Å². The topological polar surface area (TPSA) is 52.6 Å². The molecule has 0 aromatic carbocycles. The van der Waals surface area contributed by atoms with Gasteiger partial charge in [0.2, 0.25) is 0 Å². The van der Waals surface area contributed by atoms with Gasteiger partial charge in [0, 0.05) is 24.4 Å². The molecule has 7 atom stereocenters. The average molecular weight is 405 g/mol. The summed E-state index contributed by atoms with van der Waals surface area (Å²) in [5, 5.41) is 0. The minimum absolute atomic E-state index is 0.0782. The molecule has 2 aliphatic carbocycles. The molecule has 2 unspecified atom stereocenters. The predicted octanol–water partition coefficient (Wildman–Crippen LogP) is 5.35. The van der Waals surface area contributed by atoms with Crippen molar-refractivity contribution in [2.45, 2.75) is 91.8 Å². The van der Waals surface area contributed by atoms with Crippen LogP contribution in [0.25, 0.3) is 0 Å². The Labute approximate surface area is 176 Å². The highest BCUT2D eigenvalue weighted by Crippen LogP contribution is 2.62. The predicted molar refractivity (Wildman–Crippen MR) is 114 cm³/mol. The van der Waals surface area contributed by atoms with Gasteiger partial charge in [-0.2, -0.15) is 0 Å². The molecule has 29 heavy (non-hydrogen) atoms. The second-order valence-electron chi connectivity index (χ2n) is 10.8. The fourth-order valence-electron chi connectivity index (χ4n) is 6.74. The van der Waals surface area contributed by atoms with Gasteiger partial charge in [-0.1, -0.05) is 40.7 Å². The van der Waals surface area contributed by atoms with Crippen LogP contribution < -0.4 is 0 Å². The first-order valence-electron chi connectivity index (χ1n) is 11.6. The van der Waals surface area contributed by atoms with Gasteiger partial charge in [-0.15, -0.1) is 6.58 Å². The fourth-order valence-corrected chi connectivity index (χ4v) is 6.74. The maximum absolute atomic E-state index is 13.5. The number of hydrogen-bond donors (Lipinski definition) is 0. The molecule has 4 nitrogen and oxygen atoms in total. The smallest absolute Gasteiger partial charge is 0.335 e. The Kier molecular flexibility index (Phi) is 6.62. The van der Waals surface area contributed by atoms with Crippen LogP contribution in [-0.4, -0.2) is 30.6 Å². The van der Waals surface area contributed by atoms with Crippen molar-refractivity contribution < 1.29 is 19.1 Å². The van der Waals surface area contributed by atoms with Gasteiger partial charge in [0.15, 0.2) is 6.10 Å². The highest BCUT2D eigenvalue weighted by molar-refractivity contribution is 5.83. The van der Waals surface area contributed by atoms with Gasteiger partial charge in [0.1, 0.15) is 11.9 Å². The third kappa shape index (κ3) is 4.19. The standard InChI is InChI=1S/C25H40O4/c1-7-16(2)15-18(26)22-17(3)10-11-20-24(4,5)13-12-21(25(20,22)6)29-23(27)19-9-8-14-28-19/h7,16-17,19-22H,1,8-15H2,2-6H3/t16-,17+,19?,20+,21?,22-,25-/m1/s1. The normalized spacial score (nSPS) is 40.0. The molecule has 0 radical (unpaired) electrons. The van der Waals surface area contributed by atoms with E-state index in [0.717, 1.165) is 38.5 Å². The lowest BCUT2D eigenvalue weighted by atomic mass is 9.44. The van der Waals surface area contributed by atoms with Crippen LogP contribution in [0.15, 0.2) is 12.7 Å². The molecule has 0 aromatic rings. The highest BCUT2D eigenvalue weighted by Gasteiger charge is 2.61. The van der Waals surface area contributed by atoms with Crippen LogP contribution in [0.1, 0.15) is 79.6 Å². The fraction of sp³-hybridized carbons (Fsp3) is 0.840. The van der Waals surface area contributed by atoms with Crippen molar-refractivity contribution >= 4 is 11.8 Å². The minimum Gasteiger partial charge on any atom is -0.460 e. The van der Waals surface area contributed by atoms with Crippen LogP contribution in [-0.2, 0) is 19.1 Å². The molecule has 0 bridgehead atoms. The van der Waals surface area contributed by atoms with Crippen molar-refractivity contribution in [3.8, 4) is 0 Å². The number of ether oxygens (including phenoxy) is 2. The summed E-state index contributed by atoms with van der Waals surface area (Å²) in [5.41, 5.74) is -0.185. The largest absolute Gasteiger partial charge is 0.460 e. The summed E-state index contributed by atoms with van der Waals surface area (Å²) >= 11 is 0. The van der Waals surface area contributed by atoms with Crippen LogP contribution in [0, 0.1) is 34.5 Å². The van der Waals surface area contributed by atoms with E-state index in [1.165, 1.54) is 0 Å². The van der Waals surface area contributed by atoms with E-state index in [9.17, 15) is 9.59 Å². The van der Waals surface area contributed by atoms with E-state index in [-0.39, 0.29) is 34.7 Å². The van der Waals surface area contributed by atoms with E-state index >= 15 is 0 Å². The molecule has 164 valence electrons. The molecule has 0 aromatic heterocycles. The van der Waals surface area contributed by atoms with Crippen LogP contribution in [0.4, 0.5) is 0 Å². The second kappa shape index (κ2) is 8.53. The van der Waals surface area contributed by atoms with Crippen LogP contribution in [0.2, 0.25) is 0 Å². The lowest BCUT2D eigenvalue weighted by Crippen LogP contribution is -2.61. The van der Waals surface area contributed by atoms with Crippen molar-refractivity contribution in [1.29, 1.82) is 0 Å². The van der Waals surface area contributed by atoms with Gasteiger partial charge < -0.3 is 9.47 Å². The highest BCUT2D eigenvalue weighted by atomic mass is 16.6. The maximum atomic E-state index is 13.5. The summed E-state index contributed by atoms with van der Waals surface area (Å²) in [6.07, 6.45) is 7.41. The molecule has 3 fully saturated rings. The zero-order valence-electron chi connectivity index (χ0n) is 19.0. The van der Waals surface area contributed by atoms with Crippen molar-refractivity contribution in [3.63, 3.8) is 0 Å². The van der Waals surface area contributed by atoms with Gasteiger partial charge in [0.05, 0.1) is 0 Å². The lowest BCUT2D eigenvalue weighted by Gasteiger charge is -2.61. The molecular weight excluding hydrogens is 364 g/mol. The quantitative estimate of drug-likeness (QED) is 0.442. The molecule has 1 heterocycles. The minimum atomic E-state index is -0.428. The Morgan fingerprint density at radius 3 is 2.55 bits per heavy atom. The molecule has 3 rings (SSSR count). The van der Waals surface area contributed by atoms with Gasteiger partial charge in [-0.3, -0.25) is 4.79 Å². The Bertz CT molecular complexity index is 633. The van der Waals surface area contributed by atoms with E-state index < -0.39 is 6.10 Å². The van der Waals surface area contributed by atoms with Crippen LogP contribution in [0.5, 0.6) is 0 Å². The van der Waals surface area contributed by atoms with Crippen LogP contribution in [0.3, 0.4) is 0 Å². The second-order valence-corrected chi connectivity index (χ2v) is 10.8. The Hall–Kier alpha value is -1.16. The Balaban J connectivity index is 1.92. The van der Waals surface area contributed by atoms with Gasteiger partial charge in [-0.25, -0.2) is 4.79 Å². The number of ketones is 1. The van der Waals surface area contributed by atoms with E-state index in [0.29, 0.717) is 30.6 Å². The van der Waals surface area contributed by atoms with E-state index in [4.69, 9.17) is 9.47 Å². The molecule has 1 saturated heterocycles. The maximum Gasteiger partial charge on any atom is 0.335 e. The number of carbonyl (C=O) groups excluding carboxylic acids is 2. The van der Waals surface area contributed by atoms with Gasteiger partial charge in [0.25, 0.3) is 0 Å². The van der Waals surface area contributed by atoms with Crippen LogP contribution >= 0.6 is 0 Å². The number of allylic oxidation sites excluding steroid dienone is 1. The summed E-state index contributed by atoms with van der Waals surface area (Å²) in [5.74, 6) is 0.853. The first-order valence-corrected chi connectivity index (χ1v) is 11.6. The van der Waals surface area contributed by atoms with Gasteiger partial charge >= 0.3 is 5.97 Å². The molecule has 4 heteroatoms. The molecular formula is C25H40O4. The first kappa shape index (κ1) is 22.5. The molecule has 1 aliphatic heterocycles. The SMILES string of the molecule is C=C[C@@H](C)CC(=O)[C@H]1[C@@H](C)CC[C@H]2C(C)(C)CCC(OC(=O)C3CCCO3)[C@]12C. The third-order valence-electron chi connectivity index (χ3n) is 8.31. The summed E-state index contributed by atoms with van der Waals surface area (Å²) in [7, 11) is 0. The zero-order valence-corrected chi connectivity index (χ0v) is 19.0. The molecule has 0 amide bonds. The monoisotopic (exact) mass is 404 g/mol. The zero-order chi connectivity index (χ0) is 21.4. The molecule has 3 aliphatic rings. The third-order valence-corrected chi connectivity index (χ3v) is 8.31. The molecule has 0 N–H and O–H groups in total. The number of carbonyl (C=O) groups is 2. The molecule has 0 spiro atoms. The summed E-state index contributed by atoms with van der Waals surface area (Å²) in [4.78, 5) is 26.4. The van der Waals surface area contributed by atoms with E-state index in [1.807, 2.05) is 6.08 Å². The van der Waals surface area contributed by atoms with Crippen molar-refractivity contribution in [2.24, 2.45) is 34.5 Å². The lowest BCUT2D eigenvalue weighted by molar-refractivity contribution is -0.202. The summed E-state index contributed by atoms with van der Waals surface area (Å²) in [6, 6.07) is 0. The molecule has 2 saturated carbocycles. The number of Topliss-reactive ketones (excluding diaryl/α,β-unsaturated/α-hetero) is 1. The Morgan fingerprint density at radius 2 is 1.93 bits per heavy atom. The number of hydrogen-bond acceptors (Lipinski definition) is 4. The van der Waals surface area contributed by atoms with Crippen molar-refractivity contribution in [3.05, 3.63) is 12.7 Å². The van der Waals surface area contributed by atoms with E-state index in [2.05, 4.69) is 41.2 Å².